The molecule has 112 valence electrons. The molecule has 0 aliphatic rings. The fraction of sp³-hybridized carbons (Fsp3) is 0.125. The minimum absolute atomic E-state index is 0.235. The molecule has 0 fully saturated rings. The molecule has 2 aromatic carbocycles. The van der Waals surface area contributed by atoms with Crippen LogP contribution in [0.25, 0.3) is 0 Å². The highest BCUT2D eigenvalue weighted by Crippen LogP contribution is 2.24. The third-order valence-electron chi connectivity index (χ3n) is 2.94. The zero-order valence-electron chi connectivity index (χ0n) is 11.6. The van der Waals surface area contributed by atoms with E-state index in [0.29, 0.717) is 6.61 Å². The monoisotopic (exact) mass is 332 g/mol. The lowest BCUT2D eigenvalue weighted by molar-refractivity contribution is 0.306. The predicted octanol–water partition coefficient (Wildman–Crippen LogP) is 4.55. The van der Waals surface area contributed by atoms with Crippen molar-refractivity contribution in [3.63, 3.8) is 0 Å². The van der Waals surface area contributed by atoms with Gasteiger partial charge in [-0.25, -0.2) is 4.39 Å². The van der Waals surface area contributed by atoms with Crippen molar-refractivity contribution in [3.05, 3.63) is 71.0 Å². The molecule has 22 heavy (non-hydrogen) atoms. The highest BCUT2D eigenvalue weighted by molar-refractivity contribution is 8.00. The Kier molecular flexibility index (Phi) is 5.03. The number of hydrogen-bond acceptors (Lipinski definition) is 5. The minimum Gasteiger partial charge on any atom is -0.489 e. The summed E-state index contributed by atoms with van der Waals surface area (Å²) in [5, 5.41) is 7.81. The van der Waals surface area contributed by atoms with Crippen LogP contribution in [0.5, 0.6) is 5.75 Å². The molecule has 1 heterocycles. The van der Waals surface area contributed by atoms with Crippen LogP contribution >= 0.6 is 23.1 Å². The Hall–Kier alpha value is -1.92. The van der Waals surface area contributed by atoms with Gasteiger partial charge in [0, 0.05) is 5.75 Å². The maximum atomic E-state index is 12.8. The first-order chi connectivity index (χ1) is 10.8. The quantitative estimate of drug-likeness (QED) is 0.620. The number of hydrogen-bond donors (Lipinski definition) is 0. The molecule has 1 aromatic heterocycles. The number of nitrogens with zero attached hydrogens (tertiary/aromatic N) is 2. The average Bonchev–Trinajstić information content (AvgIpc) is 3.07. The van der Waals surface area contributed by atoms with E-state index in [9.17, 15) is 4.39 Å². The van der Waals surface area contributed by atoms with Gasteiger partial charge in [0.25, 0.3) is 0 Å². The number of benzene rings is 2. The van der Waals surface area contributed by atoms with E-state index in [1.807, 2.05) is 24.3 Å². The Bertz CT molecular complexity index is 700. The van der Waals surface area contributed by atoms with E-state index in [4.69, 9.17) is 4.74 Å². The zero-order chi connectivity index (χ0) is 15.2. The molecule has 3 rings (SSSR count). The maximum absolute atomic E-state index is 12.8. The molecule has 0 radical (unpaired) electrons. The van der Waals surface area contributed by atoms with Gasteiger partial charge < -0.3 is 4.74 Å². The van der Waals surface area contributed by atoms with Crippen molar-refractivity contribution in [3.8, 4) is 5.75 Å². The molecule has 0 N–H and O–H groups in total. The average molecular weight is 332 g/mol. The van der Waals surface area contributed by atoms with Crippen LogP contribution in [0, 0.1) is 5.82 Å². The summed E-state index contributed by atoms with van der Waals surface area (Å²) >= 11 is 3.21. The van der Waals surface area contributed by atoms with E-state index in [1.54, 1.807) is 40.7 Å². The summed E-state index contributed by atoms with van der Waals surface area (Å²) in [7, 11) is 0. The normalized spacial score (nSPS) is 10.6. The molecule has 0 saturated carbocycles. The van der Waals surface area contributed by atoms with E-state index in [2.05, 4.69) is 10.2 Å². The minimum atomic E-state index is -0.235. The fourth-order valence-electron chi connectivity index (χ4n) is 1.80. The second-order valence-corrected chi connectivity index (χ2v) is 6.61. The summed E-state index contributed by atoms with van der Waals surface area (Å²) in [5.74, 6) is 1.42. The predicted molar refractivity (Wildman–Crippen MR) is 86.6 cm³/mol. The van der Waals surface area contributed by atoms with Crippen LogP contribution in [0.3, 0.4) is 0 Å². The van der Waals surface area contributed by atoms with Gasteiger partial charge in [-0.2, -0.15) is 0 Å². The Morgan fingerprint density at radius 1 is 1.00 bits per heavy atom. The topological polar surface area (TPSA) is 35.0 Å². The number of thioether (sulfide) groups is 1. The zero-order valence-corrected chi connectivity index (χ0v) is 13.2. The molecular weight excluding hydrogens is 319 g/mol. The van der Waals surface area contributed by atoms with Crippen molar-refractivity contribution in [1.29, 1.82) is 0 Å². The Morgan fingerprint density at radius 3 is 2.41 bits per heavy atom. The van der Waals surface area contributed by atoms with Gasteiger partial charge in [0.1, 0.15) is 23.7 Å². The van der Waals surface area contributed by atoms with Crippen LogP contribution in [0.15, 0.2) is 58.4 Å². The molecule has 0 atom stereocenters. The van der Waals surface area contributed by atoms with Gasteiger partial charge in [-0.3, -0.25) is 0 Å². The van der Waals surface area contributed by atoms with E-state index in [-0.39, 0.29) is 5.82 Å². The van der Waals surface area contributed by atoms with Crippen molar-refractivity contribution >= 4 is 23.1 Å². The van der Waals surface area contributed by atoms with E-state index in [0.717, 1.165) is 21.4 Å². The molecular formula is C16H13FN2OS2. The maximum Gasteiger partial charge on any atom is 0.174 e. The van der Waals surface area contributed by atoms with Gasteiger partial charge in [0.05, 0.1) is 0 Å². The molecule has 0 amide bonds. The fourth-order valence-corrected chi connectivity index (χ4v) is 3.24. The second kappa shape index (κ2) is 7.38. The summed E-state index contributed by atoms with van der Waals surface area (Å²) in [6, 6.07) is 14.3. The van der Waals surface area contributed by atoms with Crippen LogP contribution in [0.4, 0.5) is 4.39 Å². The van der Waals surface area contributed by atoms with Gasteiger partial charge >= 0.3 is 0 Å². The molecule has 3 nitrogen and oxygen atoms in total. The SMILES string of the molecule is Fc1ccc(COc2ccc(CSc3nncs3)cc2)cc1. The lowest BCUT2D eigenvalue weighted by Crippen LogP contribution is -1.95. The summed E-state index contributed by atoms with van der Waals surface area (Å²) in [5.41, 5.74) is 3.88. The van der Waals surface area contributed by atoms with Crippen molar-refractivity contribution in [2.24, 2.45) is 0 Å². The van der Waals surface area contributed by atoms with Crippen LogP contribution in [-0.2, 0) is 12.4 Å². The van der Waals surface area contributed by atoms with Gasteiger partial charge in [0.15, 0.2) is 4.34 Å². The Labute approximate surface area is 136 Å². The third kappa shape index (κ3) is 4.29. The Balaban J connectivity index is 1.51. The first-order valence-electron chi connectivity index (χ1n) is 6.65. The largest absolute Gasteiger partial charge is 0.489 e. The molecule has 0 saturated heterocycles. The van der Waals surface area contributed by atoms with Gasteiger partial charge in [-0.15, -0.1) is 10.2 Å². The molecule has 0 unspecified atom stereocenters. The summed E-state index contributed by atoms with van der Waals surface area (Å²) < 4.78 is 19.5. The summed E-state index contributed by atoms with van der Waals surface area (Å²) in [6.07, 6.45) is 0. The highest BCUT2D eigenvalue weighted by atomic mass is 32.2. The molecule has 0 spiro atoms. The van der Waals surface area contributed by atoms with Crippen molar-refractivity contribution in [2.45, 2.75) is 16.7 Å². The van der Waals surface area contributed by atoms with Crippen molar-refractivity contribution in [2.75, 3.05) is 0 Å². The van der Waals surface area contributed by atoms with E-state index >= 15 is 0 Å². The lowest BCUT2D eigenvalue weighted by Gasteiger charge is -2.07. The Morgan fingerprint density at radius 2 is 1.73 bits per heavy atom. The van der Waals surface area contributed by atoms with Gasteiger partial charge in [-0.05, 0) is 35.4 Å². The van der Waals surface area contributed by atoms with Crippen LogP contribution in [0.1, 0.15) is 11.1 Å². The number of aromatic nitrogens is 2. The third-order valence-corrected chi connectivity index (χ3v) is 4.88. The second-order valence-electron chi connectivity index (χ2n) is 4.55. The number of ether oxygens (including phenoxy) is 1. The van der Waals surface area contributed by atoms with E-state index < -0.39 is 0 Å². The number of rotatable bonds is 6. The van der Waals surface area contributed by atoms with Gasteiger partial charge in [-0.1, -0.05) is 47.4 Å². The summed E-state index contributed by atoms with van der Waals surface area (Å²) in [4.78, 5) is 0. The van der Waals surface area contributed by atoms with E-state index in [1.165, 1.54) is 17.7 Å². The summed E-state index contributed by atoms with van der Waals surface area (Å²) in [6.45, 7) is 0.430. The van der Waals surface area contributed by atoms with Crippen LogP contribution < -0.4 is 4.74 Å². The first kappa shape index (κ1) is 15.0. The van der Waals surface area contributed by atoms with Crippen LogP contribution in [0.2, 0.25) is 0 Å². The smallest absolute Gasteiger partial charge is 0.174 e. The molecule has 3 aromatic rings. The standard InChI is InChI=1S/C16H13FN2OS2/c17-14-5-1-12(2-6-14)9-20-15-7-3-13(4-8-15)10-21-16-19-18-11-22-16/h1-8,11H,9-10H2. The van der Waals surface area contributed by atoms with Gasteiger partial charge in [0.2, 0.25) is 0 Å². The molecule has 6 heteroatoms. The molecule has 0 aliphatic carbocycles. The number of halogens is 1. The highest BCUT2D eigenvalue weighted by Gasteiger charge is 2.01. The van der Waals surface area contributed by atoms with Crippen LogP contribution in [-0.4, -0.2) is 10.2 Å². The molecule has 0 bridgehead atoms. The molecule has 0 aliphatic heterocycles. The van der Waals surface area contributed by atoms with Crippen molar-refractivity contribution in [1.82, 2.24) is 10.2 Å². The first-order valence-corrected chi connectivity index (χ1v) is 8.51. The van der Waals surface area contributed by atoms with Crippen molar-refractivity contribution < 1.29 is 9.13 Å². The lowest BCUT2D eigenvalue weighted by atomic mass is 10.2.